The number of rotatable bonds is 6. The van der Waals surface area contributed by atoms with Crippen molar-refractivity contribution in [3.8, 4) is 11.4 Å². The number of aromatic nitrogens is 3. The molecule has 5 rings (SSSR count). The van der Waals surface area contributed by atoms with Gasteiger partial charge < -0.3 is 25.0 Å². The summed E-state index contributed by atoms with van der Waals surface area (Å²) in [4.78, 5) is 28.9. The van der Waals surface area contributed by atoms with Gasteiger partial charge in [0.05, 0.1) is 31.6 Å². The van der Waals surface area contributed by atoms with Gasteiger partial charge in [-0.15, -0.1) is 0 Å². The van der Waals surface area contributed by atoms with Crippen molar-refractivity contribution in [3.63, 3.8) is 0 Å². The van der Waals surface area contributed by atoms with Crippen LogP contribution in [0, 0.1) is 0 Å². The molecule has 0 saturated carbocycles. The molecule has 1 aromatic carbocycles. The van der Waals surface area contributed by atoms with E-state index in [4.69, 9.17) is 14.7 Å². The zero-order valence-electron chi connectivity index (χ0n) is 19.3. The van der Waals surface area contributed by atoms with Crippen LogP contribution in [0.1, 0.15) is 18.2 Å². The minimum atomic E-state index is -0.149. The summed E-state index contributed by atoms with van der Waals surface area (Å²) in [5.74, 6) is 2.33. The van der Waals surface area contributed by atoms with Crippen LogP contribution in [0.2, 0.25) is 0 Å². The Hall–Kier alpha value is -3.27. The molecule has 1 atom stereocenters. The first kappa shape index (κ1) is 22.5. The summed E-state index contributed by atoms with van der Waals surface area (Å²) >= 11 is 0. The number of hydrogen-bond donors (Lipinski definition) is 3. The largest absolute Gasteiger partial charge is 0.395 e. The van der Waals surface area contributed by atoms with Crippen LogP contribution in [0.5, 0.6) is 0 Å². The molecule has 1 unspecified atom stereocenters. The highest BCUT2D eigenvalue weighted by atomic mass is 16.5. The summed E-state index contributed by atoms with van der Waals surface area (Å²) in [5, 5.41) is 12.6. The van der Waals surface area contributed by atoms with Crippen LogP contribution < -0.4 is 15.8 Å². The monoisotopic (exact) mass is 462 g/mol. The lowest BCUT2D eigenvalue weighted by Crippen LogP contribution is -2.45. The Morgan fingerprint density at radius 1 is 1.18 bits per heavy atom. The first-order valence-electron chi connectivity index (χ1n) is 11.7. The molecule has 0 amide bonds. The number of ether oxygens (including phenoxy) is 1. The number of aliphatic hydroxyl groups excluding tert-OH is 1. The number of hydrogen-bond acceptors (Lipinski definition) is 8. The molecule has 2 aliphatic rings. The molecular weight excluding hydrogens is 432 g/mol. The van der Waals surface area contributed by atoms with Gasteiger partial charge >= 0.3 is 0 Å². The highest BCUT2D eigenvalue weighted by Gasteiger charge is 2.28. The topological polar surface area (TPSA) is 107 Å². The second-order valence-corrected chi connectivity index (χ2v) is 8.79. The molecule has 3 N–H and O–H groups in total. The van der Waals surface area contributed by atoms with Crippen molar-refractivity contribution in [1.82, 2.24) is 19.9 Å². The van der Waals surface area contributed by atoms with Gasteiger partial charge in [-0.25, -0.2) is 9.97 Å². The average molecular weight is 463 g/mol. The van der Waals surface area contributed by atoms with Crippen LogP contribution in [0.15, 0.2) is 47.3 Å². The van der Waals surface area contributed by atoms with Gasteiger partial charge in [0.2, 0.25) is 5.56 Å². The molecule has 9 heteroatoms. The lowest BCUT2D eigenvalue weighted by Gasteiger charge is -2.37. The predicted molar refractivity (Wildman–Crippen MR) is 132 cm³/mol. The molecule has 1 fully saturated rings. The average Bonchev–Trinajstić information content (AvgIpc) is 2.84. The minimum absolute atomic E-state index is 0.141. The van der Waals surface area contributed by atoms with Gasteiger partial charge in [-0.05, 0) is 43.7 Å². The molecule has 2 aromatic heterocycles. The summed E-state index contributed by atoms with van der Waals surface area (Å²) in [6, 6.07) is 13.2. The highest BCUT2D eigenvalue weighted by molar-refractivity contribution is 5.65. The van der Waals surface area contributed by atoms with E-state index >= 15 is 0 Å². The Kier molecular flexibility index (Phi) is 6.57. The maximum Gasteiger partial charge on any atom is 0.249 e. The fraction of sp³-hybridized carbons (Fsp3) is 0.400. The number of aliphatic hydroxyl groups is 1. The van der Waals surface area contributed by atoms with E-state index in [0.29, 0.717) is 37.9 Å². The number of benzene rings is 1. The summed E-state index contributed by atoms with van der Waals surface area (Å²) < 4.78 is 5.66. The molecule has 1 saturated heterocycles. The van der Waals surface area contributed by atoms with E-state index in [1.54, 1.807) is 6.07 Å². The van der Waals surface area contributed by atoms with Gasteiger partial charge in [0.25, 0.3) is 0 Å². The number of morpholine rings is 1. The minimum Gasteiger partial charge on any atom is -0.395 e. The molecule has 0 bridgehead atoms. The third-order valence-corrected chi connectivity index (χ3v) is 6.37. The Labute approximate surface area is 198 Å². The van der Waals surface area contributed by atoms with Gasteiger partial charge in [0.15, 0.2) is 5.82 Å². The second-order valence-electron chi connectivity index (χ2n) is 8.79. The third-order valence-electron chi connectivity index (χ3n) is 6.37. The van der Waals surface area contributed by atoms with Crippen molar-refractivity contribution in [2.45, 2.75) is 25.9 Å². The fourth-order valence-corrected chi connectivity index (χ4v) is 4.58. The number of β-amino-alcohol motifs (C(OH)–C–C–N with tert-alkyl or cyclic N) is 1. The first-order chi connectivity index (χ1) is 16.6. The summed E-state index contributed by atoms with van der Waals surface area (Å²) in [7, 11) is 0. The van der Waals surface area contributed by atoms with E-state index in [0.717, 1.165) is 42.3 Å². The number of fused-ring (bicyclic) bond motifs is 1. The number of nitrogens with zero attached hydrogens (tertiary/aromatic N) is 4. The zero-order chi connectivity index (χ0) is 23.5. The number of anilines is 3. The van der Waals surface area contributed by atoms with Gasteiger partial charge in [-0.2, -0.15) is 0 Å². The Morgan fingerprint density at radius 2 is 2.03 bits per heavy atom. The Bertz CT molecular complexity index is 1200. The standard InChI is InChI=1S/C25H30N6O3/c1-17-16-34-14-12-31(17)25-20-9-10-30(11-13-32)15-21(20)27-24(29-25)18-5-7-19(8-6-18)26-22-3-2-4-23(33)28-22/h2-8,17,32H,9-16H2,1H3,(H2,26,28,33). The second kappa shape index (κ2) is 9.92. The molecule has 0 aliphatic carbocycles. The van der Waals surface area contributed by atoms with Crippen molar-refractivity contribution >= 4 is 17.3 Å². The van der Waals surface area contributed by atoms with Crippen molar-refractivity contribution in [3.05, 3.63) is 64.1 Å². The van der Waals surface area contributed by atoms with E-state index in [1.807, 2.05) is 30.3 Å². The van der Waals surface area contributed by atoms with Crippen molar-refractivity contribution in [2.24, 2.45) is 0 Å². The number of nitrogens with one attached hydrogen (secondary N) is 2. The van der Waals surface area contributed by atoms with Gasteiger partial charge in [-0.3, -0.25) is 9.69 Å². The maximum atomic E-state index is 11.5. The smallest absolute Gasteiger partial charge is 0.249 e. The van der Waals surface area contributed by atoms with Gasteiger partial charge in [-0.1, -0.05) is 6.07 Å². The first-order valence-corrected chi connectivity index (χ1v) is 11.7. The SMILES string of the molecule is CC1COCCN1c1nc(-c2ccc(Nc3cccc(=O)[nH]3)cc2)nc2c1CCN(CCO)C2. The Balaban J connectivity index is 1.47. The quantitative estimate of drug-likeness (QED) is 0.512. The molecule has 3 aromatic rings. The van der Waals surface area contributed by atoms with Crippen molar-refractivity contribution in [2.75, 3.05) is 49.7 Å². The molecule has 178 valence electrons. The summed E-state index contributed by atoms with van der Waals surface area (Å²) in [5.41, 5.74) is 3.88. The number of aromatic amines is 1. The lowest BCUT2D eigenvalue weighted by atomic mass is 10.0. The molecular formula is C25H30N6O3. The number of pyridine rings is 1. The van der Waals surface area contributed by atoms with Crippen molar-refractivity contribution in [1.29, 1.82) is 0 Å². The molecule has 4 heterocycles. The van der Waals surface area contributed by atoms with E-state index in [9.17, 15) is 9.90 Å². The highest BCUT2D eigenvalue weighted by Crippen LogP contribution is 2.31. The third kappa shape index (κ3) is 4.82. The lowest BCUT2D eigenvalue weighted by molar-refractivity contribution is 0.0983. The van der Waals surface area contributed by atoms with Crippen LogP contribution in [0.25, 0.3) is 11.4 Å². The van der Waals surface area contributed by atoms with Crippen LogP contribution in [-0.2, 0) is 17.7 Å². The molecule has 0 radical (unpaired) electrons. The fourth-order valence-electron chi connectivity index (χ4n) is 4.58. The van der Waals surface area contributed by atoms with E-state index < -0.39 is 0 Å². The van der Waals surface area contributed by atoms with Gasteiger partial charge in [0, 0.05) is 49.1 Å². The van der Waals surface area contributed by atoms with E-state index in [2.05, 4.69) is 27.0 Å². The normalized spacial score (nSPS) is 18.5. The van der Waals surface area contributed by atoms with E-state index in [1.165, 1.54) is 11.6 Å². The van der Waals surface area contributed by atoms with Crippen LogP contribution >= 0.6 is 0 Å². The van der Waals surface area contributed by atoms with Crippen LogP contribution in [-0.4, -0.2) is 70.5 Å². The molecule has 0 spiro atoms. The molecule has 34 heavy (non-hydrogen) atoms. The summed E-state index contributed by atoms with van der Waals surface area (Å²) in [6.07, 6.45) is 0.868. The van der Waals surface area contributed by atoms with Gasteiger partial charge in [0.1, 0.15) is 11.6 Å². The molecule has 9 nitrogen and oxygen atoms in total. The number of H-pyrrole nitrogens is 1. The van der Waals surface area contributed by atoms with E-state index in [-0.39, 0.29) is 18.2 Å². The summed E-state index contributed by atoms with van der Waals surface area (Å²) in [6.45, 7) is 6.74. The molecule has 2 aliphatic heterocycles. The Morgan fingerprint density at radius 3 is 2.79 bits per heavy atom. The van der Waals surface area contributed by atoms with Crippen LogP contribution in [0.4, 0.5) is 17.3 Å². The maximum absolute atomic E-state index is 11.5. The van der Waals surface area contributed by atoms with Crippen molar-refractivity contribution < 1.29 is 9.84 Å². The van der Waals surface area contributed by atoms with Crippen LogP contribution in [0.3, 0.4) is 0 Å². The zero-order valence-corrected chi connectivity index (χ0v) is 19.3. The predicted octanol–water partition coefficient (Wildman–Crippen LogP) is 2.15.